The minimum absolute atomic E-state index is 0.0275. The van der Waals surface area contributed by atoms with Crippen LogP contribution >= 0.6 is 0 Å². The number of carbonyl (C=O) groups is 1. The molecule has 0 aromatic heterocycles. The predicted octanol–water partition coefficient (Wildman–Crippen LogP) is 0.570. The van der Waals surface area contributed by atoms with Crippen LogP contribution in [0.25, 0.3) is 0 Å². The third-order valence-corrected chi connectivity index (χ3v) is 2.28. The van der Waals surface area contributed by atoms with Crippen LogP contribution in [0, 0.1) is 0 Å². The van der Waals surface area contributed by atoms with E-state index in [-0.39, 0.29) is 5.91 Å². The Morgan fingerprint density at radius 1 is 1.47 bits per heavy atom. The number of carbonyl (C=O) groups excluding carboxylic acids is 1. The van der Waals surface area contributed by atoms with Crippen molar-refractivity contribution in [2.45, 2.75) is 45.7 Å². The molecule has 4 nitrogen and oxygen atoms in total. The van der Waals surface area contributed by atoms with E-state index in [0.717, 1.165) is 6.54 Å². The number of hydrogen-bond acceptors (Lipinski definition) is 3. The minimum Gasteiger partial charge on any atom is -0.355 e. The van der Waals surface area contributed by atoms with Crippen molar-refractivity contribution in [3.63, 3.8) is 0 Å². The van der Waals surface area contributed by atoms with Crippen LogP contribution in [-0.2, 0) is 4.79 Å². The van der Waals surface area contributed by atoms with Crippen LogP contribution in [0.3, 0.4) is 0 Å². The number of rotatable bonds is 6. The van der Waals surface area contributed by atoms with E-state index >= 15 is 0 Å². The van der Waals surface area contributed by atoms with Gasteiger partial charge in [0.05, 0.1) is 0 Å². The van der Waals surface area contributed by atoms with Crippen LogP contribution in [0.1, 0.15) is 34.1 Å². The van der Waals surface area contributed by atoms with E-state index in [0.29, 0.717) is 19.0 Å². The molecule has 0 saturated heterocycles. The van der Waals surface area contributed by atoms with Gasteiger partial charge in [0.2, 0.25) is 5.91 Å². The topological polar surface area (TPSA) is 58.4 Å². The van der Waals surface area contributed by atoms with Gasteiger partial charge in [-0.25, -0.2) is 0 Å². The maximum atomic E-state index is 11.4. The summed E-state index contributed by atoms with van der Waals surface area (Å²) in [5.41, 5.74) is 5.32. The maximum absolute atomic E-state index is 11.4. The summed E-state index contributed by atoms with van der Waals surface area (Å²) >= 11 is 0. The molecular weight excluding hydrogens is 190 g/mol. The molecule has 90 valence electrons. The van der Waals surface area contributed by atoms with Crippen molar-refractivity contribution in [1.82, 2.24) is 10.2 Å². The van der Waals surface area contributed by atoms with Crippen molar-refractivity contribution in [3.05, 3.63) is 0 Å². The van der Waals surface area contributed by atoms with Gasteiger partial charge in [-0.3, -0.25) is 4.79 Å². The lowest BCUT2D eigenvalue weighted by Gasteiger charge is -2.22. The molecule has 15 heavy (non-hydrogen) atoms. The Balaban J connectivity index is 3.65. The first kappa shape index (κ1) is 14.4. The minimum atomic E-state index is -0.423. The summed E-state index contributed by atoms with van der Waals surface area (Å²) < 4.78 is 0. The summed E-state index contributed by atoms with van der Waals surface area (Å²) in [6.07, 6.45) is 0.373. The van der Waals surface area contributed by atoms with E-state index in [1.165, 1.54) is 0 Å². The molecule has 0 saturated carbocycles. The fraction of sp³-hybridized carbons (Fsp3) is 0.909. The van der Waals surface area contributed by atoms with Crippen molar-refractivity contribution in [3.8, 4) is 0 Å². The zero-order valence-corrected chi connectivity index (χ0v) is 10.6. The largest absolute Gasteiger partial charge is 0.355 e. The maximum Gasteiger partial charge on any atom is 0.221 e. The van der Waals surface area contributed by atoms with E-state index in [2.05, 4.69) is 24.1 Å². The molecule has 0 radical (unpaired) electrons. The zero-order valence-electron chi connectivity index (χ0n) is 10.6. The van der Waals surface area contributed by atoms with Crippen LogP contribution in [0.2, 0.25) is 0 Å². The highest BCUT2D eigenvalue weighted by Gasteiger charge is 2.15. The first-order valence-corrected chi connectivity index (χ1v) is 5.48. The van der Waals surface area contributed by atoms with Crippen molar-refractivity contribution >= 4 is 5.91 Å². The molecule has 0 aliphatic rings. The summed E-state index contributed by atoms with van der Waals surface area (Å²) in [5, 5.41) is 2.86. The van der Waals surface area contributed by atoms with Crippen molar-refractivity contribution in [2.24, 2.45) is 5.73 Å². The van der Waals surface area contributed by atoms with Gasteiger partial charge in [-0.05, 0) is 34.7 Å². The molecule has 0 atom stereocenters. The molecule has 0 fully saturated rings. The van der Waals surface area contributed by atoms with Gasteiger partial charge >= 0.3 is 0 Å². The Hall–Kier alpha value is -0.610. The third-order valence-electron chi connectivity index (χ3n) is 2.28. The molecule has 4 heteroatoms. The first-order chi connectivity index (χ1) is 6.72. The molecule has 0 aromatic rings. The van der Waals surface area contributed by atoms with Crippen molar-refractivity contribution in [2.75, 3.05) is 20.1 Å². The standard InChI is InChI=1S/C11H25N3O/c1-9(2)14(5)7-6-13-10(15)8-11(3,4)12/h9H,6-8,12H2,1-5H3,(H,13,15). The van der Waals surface area contributed by atoms with Gasteiger partial charge in [-0.1, -0.05) is 0 Å². The van der Waals surface area contributed by atoms with Gasteiger partial charge in [-0.15, -0.1) is 0 Å². The third kappa shape index (κ3) is 8.39. The van der Waals surface area contributed by atoms with Gasteiger partial charge in [0, 0.05) is 31.1 Å². The van der Waals surface area contributed by atoms with Crippen LogP contribution < -0.4 is 11.1 Å². The van der Waals surface area contributed by atoms with E-state index in [1.54, 1.807) is 0 Å². The van der Waals surface area contributed by atoms with Gasteiger partial charge in [0.1, 0.15) is 0 Å². The fourth-order valence-electron chi connectivity index (χ4n) is 1.11. The average Bonchev–Trinajstić information content (AvgIpc) is 2.00. The van der Waals surface area contributed by atoms with Crippen molar-refractivity contribution < 1.29 is 4.79 Å². The summed E-state index contributed by atoms with van der Waals surface area (Å²) in [5.74, 6) is 0.0275. The lowest BCUT2D eigenvalue weighted by Crippen LogP contribution is -2.41. The second-order valence-electron chi connectivity index (χ2n) is 5.09. The first-order valence-electron chi connectivity index (χ1n) is 5.48. The number of nitrogens with two attached hydrogens (primary N) is 1. The number of hydrogen-bond donors (Lipinski definition) is 2. The van der Waals surface area contributed by atoms with Crippen molar-refractivity contribution in [1.29, 1.82) is 0 Å². The Bertz CT molecular complexity index is 196. The molecule has 0 aliphatic carbocycles. The molecule has 3 N–H and O–H groups in total. The summed E-state index contributed by atoms with van der Waals surface area (Å²) in [6.45, 7) is 9.52. The Morgan fingerprint density at radius 2 is 2.00 bits per heavy atom. The number of nitrogens with zero attached hydrogens (tertiary/aromatic N) is 1. The molecular formula is C11H25N3O. The van der Waals surface area contributed by atoms with E-state index in [4.69, 9.17) is 5.73 Å². The summed E-state index contributed by atoms with van der Waals surface area (Å²) in [7, 11) is 2.05. The monoisotopic (exact) mass is 215 g/mol. The summed E-state index contributed by atoms with van der Waals surface area (Å²) in [6, 6.07) is 0.507. The van der Waals surface area contributed by atoms with Gasteiger partial charge in [0.25, 0.3) is 0 Å². The number of amides is 1. The van der Waals surface area contributed by atoms with Gasteiger partial charge in [0.15, 0.2) is 0 Å². The number of nitrogens with one attached hydrogen (secondary N) is 1. The van der Waals surface area contributed by atoms with Crippen LogP contribution in [0.15, 0.2) is 0 Å². The molecule has 0 rings (SSSR count). The predicted molar refractivity (Wildman–Crippen MR) is 63.7 cm³/mol. The Morgan fingerprint density at radius 3 is 2.40 bits per heavy atom. The quantitative estimate of drug-likeness (QED) is 0.681. The second-order valence-corrected chi connectivity index (χ2v) is 5.09. The SMILES string of the molecule is CC(C)N(C)CCNC(=O)CC(C)(C)N. The lowest BCUT2D eigenvalue weighted by atomic mass is 10.0. The molecule has 0 heterocycles. The van der Waals surface area contributed by atoms with Gasteiger partial charge in [-0.2, -0.15) is 0 Å². The summed E-state index contributed by atoms with van der Waals surface area (Å²) in [4.78, 5) is 13.6. The Kier molecular flexibility index (Phi) is 5.83. The molecule has 0 spiro atoms. The lowest BCUT2D eigenvalue weighted by molar-refractivity contribution is -0.122. The smallest absolute Gasteiger partial charge is 0.221 e. The van der Waals surface area contributed by atoms with E-state index in [1.807, 2.05) is 20.9 Å². The fourth-order valence-corrected chi connectivity index (χ4v) is 1.11. The highest BCUT2D eigenvalue weighted by molar-refractivity contribution is 5.77. The van der Waals surface area contributed by atoms with Crippen LogP contribution in [-0.4, -0.2) is 42.5 Å². The molecule has 0 bridgehead atoms. The average molecular weight is 215 g/mol. The molecule has 0 unspecified atom stereocenters. The molecule has 1 amide bonds. The van der Waals surface area contributed by atoms with Crippen LogP contribution in [0.5, 0.6) is 0 Å². The number of likely N-dealkylation sites (N-methyl/N-ethyl adjacent to an activating group) is 1. The molecule has 0 aliphatic heterocycles. The van der Waals surface area contributed by atoms with Crippen LogP contribution in [0.4, 0.5) is 0 Å². The Labute approximate surface area is 93.2 Å². The van der Waals surface area contributed by atoms with E-state index < -0.39 is 5.54 Å². The second kappa shape index (κ2) is 6.08. The van der Waals surface area contributed by atoms with Gasteiger partial charge < -0.3 is 16.0 Å². The highest BCUT2D eigenvalue weighted by Crippen LogP contribution is 2.02. The zero-order chi connectivity index (χ0) is 12.1. The normalized spacial score (nSPS) is 12.3. The van der Waals surface area contributed by atoms with E-state index in [9.17, 15) is 4.79 Å². The molecule has 0 aromatic carbocycles. The highest BCUT2D eigenvalue weighted by atomic mass is 16.1.